The molecule has 0 unspecified atom stereocenters. The first-order chi connectivity index (χ1) is 14.9. The van der Waals surface area contributed by atoms with E-state index in [2.05, 4.69) is 35.8 Å². The molecule has 168 valence electrons. The minimum absolute atomic E-state index is 0.138. The van der Waals surface area contributed by atoms with Gasteiger partial charge in [-0.05, 0) is 66.5 Å². The van der Waals surface area contributed by atoms with Crippen molar-refractivity contribution in [3.05, 3.63) is 70.3 Å². The molecule has 31 heavy (non-hydrogen) atoms. The quantitative estimate of drug-likeness (QED) is 0.564. The second kappa shape index (κ2) is 10.8. The Bertz CT molecular complexity index is 883. The molecule has 0 aromatic heterocycles. The molecule has 0 fully saturated rings. The maximum atomic E-state index is 13.6. The van der Waals surface area contributed by atoms with Gasteiger partial charge in [0.2, 0.25) is 5.91 Å². The number of aryl methyl sites for hydroxylation is 2. The molecule has 2 aromatic rings. The average molecular weight is 431 g/mol. The summed E-state index contributed by atoms with van der Waals surface area (Å²) in [5.74, 6) is -1.65. The number of carbonyl (C=O) groups excluding carboxylic acids is 1. The Morgan fingerprint density at radius 1 is 1.16 bits per heavy atom. The van der Waals surface area contributed by atoms with E-state index in [-0.39, 0.29) is 24.9 Å². The van der Waals surface area contributed by atoms with Crippen LogP contribution in [0.4, 0.5) is 8.78 Å². The zero-order valence-corrected chi connectivity index (χ0v) is 18.3. The lowest BCUT2D eigenvalue weighted by molar-refractivity contribution is -0.120. The minimum Gasteiger partial charge on any atom is -0.390 e. The van der Waals surface area contributed by atoms with E-state index in [9.17, 15) is 18.7 Å². The second-order valence-electron chi connectivity index (χ2n) is 8.49. The highest BCUT2D eigenvalue weighted by atomic mass is 19.1. The van der Waals surface area contributed by atoms with Crippen molar-refractivity contribution in [1.29, 1.82) is 0 Å². The van der Waals surface area contributed by atoms with Crippen LogP contribution in [0, 0.1) is 11.6 Å². The number of hydrogen-bond acceptors (Lipinski definition) is 3. The summed E-state index contributed by atoms with van der Waals surface area (Å²) in [6.45, 7) is 3.80. The van der Waals surface area contributed by atoms with Gasteiger partial charge in [-0.2, -0.15) is 0 Å². The van der Waals surface area contributed by atoms with Crippen molar-refractivity contribution in [3.63, 3.8) is 0 Å². The zero-order valence-electron chi connectivity index (χ0n) is 18.3. The first-order valence-corrected chi connectivity index (χ1v) is 11.1. The maximum Gasteiger partial charge on any atom is 0.217 e. The molecule has 1 aliphatic rings. The monoisotopic (exact) mass is 430 g/mol. The molecule has 3 rings (SSSR count). The molecule has 0 aliphatic heterocycles. The van der Waals surface area contributed by atoms with Crippen molar-refractivity contribution in [2.45, 2.75) is 70.6 Å². The van der Waals surface area contributed by atoms with Crippen LogP contribution in [-0.2, 0) is 24.1 Å². The van der Waals surface area contributed by atoms with E-state index in [0.29, 0.717) is 5.56 Å². The van der Waals surface area contributed by atoms with E-state index in [1.54, 1.807) is 0 Å². The lowest BCUT2D eigenvalue weighted by atomic mass is 9.86. The fraction of sp³-hybridized carbons (Fsp3) is 0.480. The van der Waals surface area contributed by atoms with Crippen molar-refractivity contribution in [2.24, 2.45) is 0 Å². The van der Waals surface area contributed by atoms with Gasteiger partial charge in [0.1, 0.15) is 11.6 Å². The maximum absolute atomic E-state index is 13.6. The summed E-state index contributed by atoms with van der Waals surface area (Å²) >= 11 is 0. The van der Waals surface area contributed by atoms with Crippen LogP contribution in [0.1, 0.15) is 61.4 Å². The summed E-state index contributed by atoms with van der Waals surface area (Å²) in [4.78, 5) is 11.7. The van der Waals surface area contributed by atoms with Crippen LogP contribution in [0.5, 0.6) is 0 Å². The highest BCUT2D eigenvalue weighted by molar-refractivity contribution is 5.73. The van der Waals surface area contributed by atoms with Gasteiger partial charge < -0.3 is 15.7 Å². The summed E-state index contributed by atoms with van der Waals surface area (Å²) in [6, 6.07) is 9.43. The minimum atomic E-state index is -0.903. The first-order valence-electron chi connectivity index (χ1n) is 11.1. The molecule has 6 heteroatoms. The van der Waals surface area contributed by atoms with Gasteiger partial charge in [-0.25, -0.2) is 8.78 Å². The van der Waals surface area contributed by atoms with Crippen LogP contribution in [0.3, 0.4) is 0 Å². The molecule has 4 nitrogen and oxygen atoms in total. The topological polar surface area (TPSA) is 61.4 Å². The number of fused-ring (bicyclic) bond motifs is 1. The Balaban J connectivity index is 1.69. The normalized spacial score (nSPS) is 17.6. The van der Waals surface area contributed by atoms with E-state index in [4.69, 9.17) is 0 Å². The van der Waals surface area contributed by atoms with Crippen LogP contribution >= 0.6 is 0 Å². The number of hydrogen-bond donors (Lipinski definition) is 3. The van der Waals surface area contributed by atoms with Gasteiger partial charge in [0.05, 0.1) is 12.1 Å². The Hall–Kier alpha value is -2.31. The largest absolute Gasteiger partial charge is 0.390 e. The number of amides is 1. The highest BCUT2D eigenvalue weighted by Gasteiger charge is 2.25. The number of aliphatic hydroxyl groups is 1. The van der Waals surface area contributed by atoms with Crippen molar-refractivity contribution in [1.82, 2.24) is 10.6 Å². The molecule has 3 N–H and O–H groups in total. The number of benzene rings is 2. The van der Waals surface area contributed by atoms with Crippen molar-refractivity contribution in [2.75, 3.05) is 6.54 Å². The van der Waals surface area contributed by atoms with Crippen LogP contribution < -0.4 is 10.6 Å². The van der Waals surface area contributed by atoms with Crippen molar-refractivity contribution in [3.8, 4) is 0 Å². The lowest BCUT2D eigenvalue weighted by Gasteiger charge is -2.30. The van der Waals surface area contributed by atoms with Gasteiger partial charge >= 0.3 is 0 Å². The summed E-state index contributed by atoms with van der Waals surface area (Å²) in [7, 11) is 0. The smallest absolute Gasteiger partial charge is 0.217 e. The third-order valence-corrected chi connectivity index (χ3v) is 5.87. The molecule has 0 saturated heterocycles. The Morgan fingerprint density at radius 2 is 1.90 bits per heavy atom. The molecule has 0 saturated carbocycles. The molecule has 0 heterocycles. The van der Waals surface area contributed by atoms with Gasteiger partial charge in [0.15, 0.2) is 0 Å². The molecular formula is C25H32F2N2O2. The molecule has 0 bridgehead atoms. The molecule has 1 aliphatic carbocycles. The van der Waals surface area contributed by atoms with Crippen molar-refractivity contribution < 1.29 is 18.7 Å². The Morgan fingerprint density at radius 3 is 2.58 bits per heavy atom. The summed E-state index contributed by atoms with van der Waals surface area (Å²) in [5.41, 5.74) is 4.33. The zero-order chi connectivity index (χ0) is 22.4. The van der Waals surface area contributed by atoms with E-state index in [1.165, 1.54) is 35.7 Å². The molecule has 0 radical (unpaired) electrons. The number of halogens is 2. The van der Waals surface area contributed by atoms with Crippen LogP contribution in [0.15, 0.2) is 36.4 Å². The van der Waals surface area contributed by atoms with Crippen LogP contribution in [-0.4, -0.2) is 29.7 Å². The lowest BCUT2D eigenvalue weighted by Crippen LogP contribution is -2.48. The van der Waals surface area contributed by atoms with Gasteiger partial charge in [-0.15, -0.1) is 0 Å². The van der Waals surface area contributed by atoms with E-state index < -0.39 is 23.8 Å². The van der Waals surface area contributed by atoms with E-state index in [0.717, 1.165) is 38.2 Å². The Labute approximate surface area is 183 Å². The fourth-order valence-corrected chi connectivity index (χ4v) is 4.44. The molecule has 0 spiro atoms. The summed E-state index contributed by atoms with van der Waals surface area (Å²) in [5, 5.41) is 17.0. The number of rotatable bonds is 9. The molecular weight excluding hydrogens is 398 g/mol. The fourth-order valence-electron chi connectivity index (χ4n) is 4.44. The molecule has 2 aromatic carbocycles. The SMILES string of the molecule is CCCc1ccc2c(c1)[C@@H](NC[C@@H](O)[C@H](Cc1cc(F)cc(F)c1)NC(C)=O)CCC2. The predicted octanol–water partition coefficient (Wildman–Crippen LogP) is 3.99. The van der Waals surface area contributed by atoms with Gasteiger partial charge in [0, 0.05) is 25.6 Å². The van der Waals surface area contributed by atoms with E-state index >= 15 is 0 Å². The second-order valence-corrected chi connectivity index (χ2v) is 8.49. The molecule has 3 atom stereocenters. The van der Waals surface area contributed by atoms with E-state index in [1.807, 2.05) is 0 Å². The standard InChI is InChI=1S/C25H32F2N2O2/c1-3-5-17-8-9-19-6-4-7-23(22(19)12-17)28-15-25(31)24(29-16(2)30)13-18-10-20(26)14-21(27)11-18/h8-12,14,23-25,28,31H,3-7,13,15H2,1-2H3,(H,29,30)/t23-,24-,25+/m0/s1. The van der Waals surface area contributed by atoms with Gasteiger partial charge in [-0.3, -0.25) is 4.79 Å². The summed E-state index contributed by atoms with van der Waals surface area (Å²) < 4.78 is 27.1. The number of carbonyl (C=O) groups is 1. The van der Waals surface area contributed by atoms with Crippen LogP contribution in [0.2, 0.25) is 0 Å². The average Bonchev–Trinajstić information content (AvgIpc) is 2.70. The number of nitrogens with one attached hydrogen (secondary N) is 2. The molecule has 1 amide bonds. The van der Waals surface area contributed by atoms with Gasteiger partial charge in [0.25, 0.3) is 0 Å². The number of aliphatic hydroxyl groups excluding tert-OH is 1. The third-order valence-electron chi connectivity index (χ3n) is 5.87. The first kappa shape index (κ1) is 23.4. The highest BCUT2D eigenvalue weighted by Crippen LogP contribution is 2.31. The van der Waals surface area contributed by atoms with Crippen LogP contribution in [0.25, 0.3) is 0 Å². The summed E-state index contributed by atoms with van der Waals surface area (Å²) in [6.07, 6.45) is 4.48. The Kier molecular flexibility index (Phi) is 8.15. The van der Waals surface area contributed by atoms with Gasteiger partial charge in [-0.1, -0.05) is 31.5 Å². The predicted molar refractivity (Wildman–Crippen MR) is 118 cm³/mol. The van der Waals surface area contributed by atoms with Crippen molar-refractivity contribution >= 4 is 5.91 Å². The third kappa shape index (κ3) is 6.58.